The van der Waals surface area contributed by atoms with Crippen LogP contribution < -0.4 is 0 Å². The molecule has 3 heterocycles. The van der Waals surface area contributed by atoms with Gasteiger partial charge < -0.3 is 4.90 Å². The van der Waals surface area contributed by atoms with Gasteiger partial charge >= 0.3 is 0 Å². The maximum atomic E-state index is 13.2. The van der Waals surface area contributed by atoms with Gasteiger partial charge in [-0.3, -0.25) is 15.0 Å². The molecule has 1 aliphatic rings. The highest BCUT2D eigenvalue weighted by Crippen LogP contribution is 2.33. The highest BCUT2D eigenvalue weighted by molar-refractivity contribution is 6.33. The summed E-state index contributed by atoms with van der Waals surface area (Å²) in [5.74, 6) is 1.22. The molecule has 5 rings (SSSR count). The van der Waals surface area contributed by atoms with E-state index < -0.39 is 0 Å². The first-order valence-corrected chi connectivity index (χ1v) is 10.2. The number of carbonyl (C=O) groups excluding carboxylic acids is 1. The number of hydrogen-bond donors (Lipinski definition) is 2. The van der Waals surface area contributed by atoms with Gasteiger partial charge in [-0.05, 0) is 25.0 Å². The van der Waals surface area contributed by atoms with E-state index in [9.17, 15) is 4.79 Å². The van der Waals surface area contributed by atoms with Crippen LogP contribution in [0.25, 0.3) is 22.6 Å². The van der Waals surface area contributed by atoms with Crippen molar-refractivity contribution < 1.29 is 4.79 Å². The predicted octanol–water partition coefficient (Wildman–Crippen LogP) is 4.49. The van der Waals surface area contributed by atoms with Crippen molar-refractivity contribution in [1.29, 1.82) is 0 Å². The average Bonchev–Trinajstić information content (AvgIpc) is 3.54. The second kappa shape index (κ2) is 7.76. The normalized spacial score (nSPS) is 16.2. The smallest absolute Gasteiger partial charge is 0.272 e. The summed E-state index contributed by atoms with van der Waals surface area (Å²) >= 11 is 6.26. The number of amides is 1. The van der Waals surface area contributed by atoms with Crippen LogP contribution in [0.1, 0.15) is 35.2 Å². The Labute approximate surface area is 178 Å². The highest BCUT2D eigenvalue weighted by Gasteiger charge is 2.34. The van der Waals surface area contributed by atoms with Crippen LogP contribution in [0.4, 0.5) is 0 Å². The summed E-state index contributed by atoms with van der Waals surface area (Å²) < 4.78 is 0. The fourth-order valence-corrected chi connectivity index (χ4v) is 4.06. The molecule has 0 radical (unpaired) electrons. The number of benzene rings is 2. The van der Waals surface area contributed by atoms with E-state index in [1.54, 1.807) is 12.1 Å². The Kier molecular flexibility index (Phi) is 4.80. The van der Waals surface area contributed by atoms with Crippen molar-refractivity contribution >= 4 is 17.5 Å². The number of halogens is 1. The van der Waals surface area contributed by atoms with Crippen LogP contribution in [0.2, 0.25) is 5.02 Å². The van der Waals surface area contributed by atoms with E-state index in [1.165, 1.54) is 0 Å². The molecule has 1 atom stereocenters. The van der Waals surface area contributed by atoms with Gasteiger partial charge in [0.1, 0.15) is 11.5 Å². The number of aromatic amines is 2. The lowest BCUT2D eigenvalue weighted by Gasteiger charge is -2.22. The Morgan fingerprint density at radius 1 is 1.03 bits per heavy atom. The first-order chi connectivity index (χ1) is 14.7. The van der Waals surface area contributed by atoms with Crippen molar-refractivity contribution in [3.8, 4) is 22.6 Å². The van der Waals surface area contributed by atoms with Crippen molar-refractivity contribution in [2.45, 2.75) is 18.9 Å². The zero-order chi connectivity index (χ0) is 20.5. The van der Waals surface area contributed by atoms with Crippen molar-refractivity contribution in [2.24, 2.45) is 0 Å². The summed E-state index contributed by atoms with van der Waals surface area (Å²) in [7, 11) is 0. The summed E-state index contributed by atoms with van der Waals surface area (Å²) in [5.41, 5.74) is 2.80. The predicted molar refractivity (Wildman–Crippen MR) is 114 cm³/mol. The summed E-state index contributed by atoms with van der Waals surface area (Å²) in [5, 5.41) is 15.1. The monoisotopic (exact) mass is 418 g/mol. The number of H-pyrrole nitrogens is 2. The van der Waals surface area contributed by atoms with E-state index in [0.717, 1.165) is 24.0 Å². The highest BCUT2D eigenvalue weighted by atomic mass is 35.5. The zero-order valence-electron chi connectivity index (χ0n) is 16.0. The fraction of sp³-hybridized carbons (Fsp3) is 0.182. The van der Waals surface area contributed by atoms with Gasteiger partial charge in [-0.25, -0.2) is 4.98 Å². The Morgan fingerprint density at radius 2 is 1.83 bits per heavy atom. The molecule has 2 aromatic carbocycles. The fourth-order valence-electron chi connectivity index (χ4n) is 3.83. The maximum Gasteiger partial charge on any atom is 0.272 e. The van der Waals surface area contributed by atoms with Gasteiger partial charge in [-0.2, -0.15) is 10.2 Å². The van der Waals surface area contributed by atoms with E-state index >= 15 is 0 Å². The SMILES string of the molecule is O=C(c1cc(-c2ccccc2Cl)n[nH]1)N1CCC[C@H]1c1nc(-c2ccccc2)n[nH]1. The molecular formula is C22H19ClN6O. The molecule has 30 heavy (non-hydrogen) atoms. The molecule has 2 aromatic heterocycles. The van der Waals surface area contributed by atoms with Gasteiger partial charge in [0.15, 0.2) is 5.82 Å². The molecule has 150 valence electrons. The van der Waals surface area contributed by atoms with Crippen molar-refractivity contribution in [3.05, 3.63) is 77.2 Å². The second-order valence-corrected chi connectivity index (χ2v) is 7.62. The summed E-state index contributed by atoms with van der Waals surface area (Å²) in [4.78, 5) is 19.7. The van der Waals surface area contributed by atoms with Crippen LogP contribution in [-0.2, 0) is 0 Å². The quantitative estimate of drug-likeness (QED) is 0.510. The Hall–Kier alpha value is -3.45. The number of rotatable bonds is 4. The number of nitrogens with one attached hydrogen (secondary N) is 2. The van der Waals surface area contributed by atoms with Crippen molar-refractivity contribution in [2.75, 3.05) is 6.54 Å². The number of likely N-dealkylation sites (tertiary alicyclic amines) is 1. The van der Waals surface area contributed by atoms with Gasteiger partial charge in [0.05, 0.1) is 16.8 Å². The third kappa shape index (κ3) is 3.37. The largest absolute Gasteiger partial charge is 0.327 e. The number of nitrogens with zero attached hydrogens (tertiary/aromatic N) is 4. The maximum absolute atomic E-state index is 13.2. The molecule has 1 fully saturated rings. The van der Waals surface area contributed by atoms with Crippen LogP contribution in [0.5, 0.6) is 0 Å². The van der Waals surface area contributed by atoms with Gasteiger partial charge in [0, 0.05) is 17.7 Å². The van der Waals surface area contributed by atoms with E-state index in [-0.39, 0.29) is 11.9 Å². The minimum atomic E-state index is -0.144. The van der Waals surface area contributed by atoms with E-state index in [4.69, 9.17) is 11.6 Å². The molecule has 4 aromatic rings. The molecule has 0 spiro atoms. The van der Waals surface area contributed by atoms with Crippen LogP contribution >= 0.6 is 11.6 Å². The average molecular weight is 419 g/mol. The topological polar surface area (TPSA) is 90.6 Å². The first kappa shape index (κ1) is 18.6. The van der Waals surface area contributed by atoms with Gasteiger partial charge in [-0.15, -0.1) is 0 Å². The molecule has 1 aliphatic heterocycles. The minimum absolute atomic E-state index is 0.110. The Morgan fingerprint density at radius 3 is 2.67 bits per heavy atom. The van der Waals surface area contributed by atoms with Crippen molar-refractivity contribution in [3.63, 3.8) is 0 Å². The van der Waals surface area contributed by atoms with Gasteiger partial charge in [0.25, 0.3) is 5.91 Å². The van der Waals surface area contributed by atoms with Gasteiger partial charge in [-0.1, -0.05) is 60.1 Å². The molecule has 2 N–H and O–H groups in total. The number of carbonyl (C=O) groups is 1. The van der Waals surface area contributed by atoms with E-state index in [1.807, 2.05) is 53.4 Å². The third-order valence-corrected chi connectivity index (χ3v) is 5.65. The summed E-state index contributed by atoms with van der Waals surface area (Å²) in [6, 6.07) is 18.8. The summed E-state index contributed by atoms with van der Waals surface area (Å²) in [6.45, 7) is 0.658. The molecule has 1 amide bonds. The van der Waals surface area contributed by atoms with E-state index in [2.05, 4.69) is 25.4 Å². The second-order valence-electron chi connectivity index (χ2n) is 7.21. The van der Waals surface area contributed by atoms with Crippen LogP contribution in [0, 0.1) is 0 Å². The molecule has 0 aliphatic carbocycles. The molecule has 7 nitrogen and oxygen atoms in total. The Balaban J connectivity index is 1.39. The van der Waals surface area contributed by atoms with Crippen molar-refractivity contribution in [1.82, 2.24) is 30.3 Å². The third-order valence-electron chi connectivity index (χ3n) is 5.32. The lowest BCUT2D eigenvalue weighted by molar-refractivity contribution is 0.0724. The summed E-state index contributed by atoms with van der Waals surface area (Å²) in [6.07, 6.45) is 1.74. The number of aromatic nitrogens is 5. The molecule has 1 saturated heterocycles. The van der Waals surface area contributed by atoms with Crippen LogP contribution in [-0.4, -0.2) is 42.7 Å². The van der Waals surface area contributed by atoms with Gasteiger partial charge in [0.2, 0.25) is 0 Å². The standard InChI is InChI=1S/C22H19ClN6O/c23-16-10-5-4-9-15(16)17-13-18(26-25-17)22(30)29-12-6-11-19(29)21-24-20(27-28-21)14-7-2-1-3-8-14/h1-5,7-10,13,19H,6,11-12H2,(H,25,26)(H,24,27,28)/t19-/m0/s1. The zero-order valence-corrected chi connectivity index (χ0v) is 16.8. The minimum Gasteiger partial charge on any atom is -0.327 e. The molecule has 8 heteroatoms. The number of hydrogen-bond acceptors (Lipinski definition) is 4. The van der Waals surface area contributed by atoms with E-state index in [0.29, 0.717) is 34.6 Å². The molecular weight excluding hydrogens is 400 g/mol. The van der Waals surface area contributed by atoms with Crippen LogP contribution in [0.3, 0.4) is 0 Å². The molecule has 0 unspecified atom stereocenters. The molecule has 0 saturated carbocycles. The lowest BCUT2D eigenvalue weighted by Crippen LogP contribution is -2.31. The molecule has 0 bridgehead atoms. The first-order valence-electron chi connectivity index (χ1n) is 9.80. The lowest BCUT2D eigenvalue weighted by atomic mass is 10.1. The Bertz CT molecular complexity index is 1190. The van der Waals surface area contributed by atoms with Crippen LogP contribution in [0.15, 0.2) is 60.7 Å².